The summed E-state index contributed by atoms with van der Waals surface area (Å²) >= 11 is 0. The smallest absolute Gasteiger partial charge is 0.140 e. The molecular formula is C18H24N2O3. The van der Waals surface area contributed by atoms with Crippen LogP contribution in [0.2, 0.25) is 0 Å². The zero-order chi connectivity index (χ0) is 16.2. The molecule has 1 aromatic carbocycles. The van der Waals surface area contributed by atoms with Crippen LogP contribution in [0, 0.1) is 13.8 Å². The van der Waals surface area contributed by atoms with Gasteiger partial charge < -0.3 is 14.4 Å². The van der Waals surface area contributed by atoms with Crippen LogP contribution in [0.4, 0.5) is 0 Å². The van der Waals surface area contributed by atoms with Crippen molar-refractivity contribution in [2.24, 2.45) is 0 Å². The van der Waals surface area contributed by atoms with E-state index in [1.165, 1.54) is 18.4 Å². The van der Waals surface area contributed by atoms with Crippen LogP contribution in [0.5, 0.6) is 5.75 Å². The maximum atomic E-state index is 9.17. The molecule has 1 aliphatic carbocycles. The highest BCUT2D eigenvalue weighted by molar-refractivity contribution is 5.28. The van der Waals surface area contributed by atoms with Gasteiger partial charge in [-0.25, -0.2) is 0 Å². The third-order valence-corrected chi connectivity index (χ3v) is 4.32. The van der Waals surface area contributed by atoms with E-state index in [9.17, 15) is 0 Å². The molecule has 1 heterocycles. The third-order valence-electron chi connectivity index (χ3n) is 4.32. The molecule has 0 spiro atoms. The Kier molecular flexibility index (Phi) is 4.98. The summed E-state index contributed by atoms with van der Waals surface area (Å²) in [5.74, 6) is 1.65. The van der Waals surface area contributed by atoms with Gasteiger partial charge in [-0.3, -0.25) is 4.90 Å². The second kappa shape index (κ2) is 7.15. The first-order valence-corrected chi connectivity index (χ1v) is 8.15. The van der Waals surface area contributed by atoms with Gasteiger partial charge in [0, 0.05) is 19.1 Å². The molecule has 0 amide bonds. The summed E-state index contributed by atoms with van der Waals surface area (Å²) in [6.07, 6.45) is 2.50. The molecule has 0 radical (unpaired) electrons. The summed E-state index contributed by atoms with van der Waals surface area (Å²) in [5, 5.41) is 13.1. The van der Waals surface area contributed by atoms with Crippen LogP contribution >= 0.6 is 0 Å². The first-order valence-electron chi connectivity index (χ1n) is 8.15. The third kappa shape index (κ3) is 4.12. The van der Waals surface area contributed by atoms with Gasteiger partial charge in [0.2, 0.25) is 0 Å². The van der Waals surface area contributed by atoms with E-state index in [2.05, 4.69) is 22.2 Å². The van der Waals surface area contributed by atoms with Gasteiger partial charge in [-0.15, -0.1) is 0 Å². The number of aliphatic hydroxyl groups is 1. The Morgan fingerprint density at radius 1 is 1.26 bits per heavy atom. The van der Waals surface area contributed by atoms with Gasteiger partial charge in [0.25, 0.3) is 0 Å². The van der Waals surface area contributed by atoms with E-state index in [1.54, 1.807) is 0 Å². The summed E-state index contributed by atoms with van der Waals surface area (Å²) in [6, 6.07) is 8.83. The van der Waals surface area contributed by atoms with Crippen molar-refractivity contribution < 1.29 is 14.4 Å². The number of ether oxygens (including phenoxy) is 1. The molecule has 1 fully saturated rings. The first kappa shape index (κ1) is 16.0. The highest BCUT2D eigenvalue weighted by Gasteiger charge is 2.28. The van der Waals surface area contributed by atoms with Crippen LogP contribution in [0.3, 0.4) is 0 Å². The second-order valence-corrected chi connectivity index (χ2v) is 6.16. The number of nitrogens with zero attached hydrogens (tertiary/aromatic N) is 2. The molecule has 1 aromatic heterocycles. The molecule has 2 aromatic rings. The van der Waals surface area contributed by atoms with Crippen molar-refractivity contribution in [3.05, 3.63) is 46.8 Å². The zero-order valence-electron chi connectivity index (χ0n) is 13.8. The molecule has 1 N–H and O–H groups in total. The van der Waals surface area contributed by atoms with E-state index in [0.717, 1.165) is 35.9 Å². The predicted molar refractivity (Wildman–Crippen MR) is 87.3 cm³/mol. The largest absolute Gasteiger partial charge is 0.489 e. The minimum Gasteiger partial charge on any atom is -0.489 e. The SMILES string of the molecule is Cc1noc(C)c1COc1ccc(CN(CCO)C2CC2)cc1. The molecule has 23 heavy (non-hydrogen) atoms. The average Bonchev–Trinajstić information content (AvgIpc) is 3.34. The monoisotopic (exact) mass is 316 g/mol. The molecule has 1 aliphatic rings. The van der Waals surface area contributed by atoms with Gasteiger partial charge in [0.05, 0.1) is 17.9 Å². The van der Waals surface area contributed by atoms with Crippen LogP contribution in [0.1, 0.15) is 35.4 Å². The Morgan fingerprint density at radius 2 is 2.00 bits per heavy atom. The molecular weight excluding hydrogens is 292 g/mol. The lowest BCUT2D eigenvalue weighted by Crippen LogP contribution is -2.28. The van der Waals surface area contributed by atoms with E-state index in [0.29, 0.717) is 12.6 Å². The number of aliphatic hydroxyl groups excluding tert-OH is 1. The van der Waals surface area contributed by atoms with Crippen LogP contribution in [-0.2, 0) is 13.2 Å². The van der Waals surface area contributed by atoms with Gasteiger partial charge >= 0.3 is 0 Å². The number of aryl methyl sites for hydroxylation is 2. The van der Waals surface area contributed by atoms with Crippen LogP contribution in [-0.4, -0.2) is 34.4 Å². The Morgan fingerprint density at radius 3 is 2.57 bits per heavy atom. The molecule has 3 rings (SSSR count). The van der Waals surface area contributed by atoms with Crippen LogP contribution < -0.4 is 4.74 Å². The lowest BCUT2D eigenvalue weighted by atomic mass is 10.2. The lowest BCUT2D eigenvalue weighted by Gasteiger charge is -2.20. The van der Waals surface area contributed by atoms with Crippen molar-refractivity contribution in [1.82, 2.24) is 10.1 Å². The van der Waals surface area contributed by atoms with Crippen molar-refractivity contribution in [2.45, 2.75) is 45.9 Å². The summed E-state index contributed by atoms with van der Waals surface area (Å²) in [4.78, 5) is 2.35. The van der Waals surface area contributed by atoms with E-state index in [-0.39, 0.29) is 6.61 Å². The Labute approximate surface area is 136 Å². The van der Waals surface area contributed by atoms with Crippen molar-refractivity contribution in [2.75, 3.05) is 13.2 Å². The zero-order valence-corrected chi connectivity index (χ0v) is 13.8. The number of hydrogen-bond donors (Lipinski definition) is 1. The highest BCUT2D eigenvalue weighted by Crippen LogP contribution is 2.28. The van der Waals surface area contributed by atoms with Crippen molar-refractivity contribution in [3.8, 4) is 5.75 Å². The number of rotatable bonds is 8. The second-order valence-electron chi connectivity index (χ2n) is 6.16. The van der Waals surface area contributed by atoms with Gasteiger partial charge in [0.1, 0.15) is 18.1 Å². The Hall–Kier alpha value is -1.85. The van der Waals surface area contributed by atoms with Gasteiger partial charge in [-0.05, 0) is 44.4 Å². The molecule has 0 saturated heterocycles. The van der Waals surface area contributed by atoms with Crippen LogP contribution in [0.15, 0.2) is 28.8 Å². The molecule has 5 nitrogen and oxygen atoms in total. The molecule has 124 valence electrons. The maximum absolute atomic E-state index is 9.17. The number of aromatic nitrogens is 1. The maximum Gasteiger partial charge on any atom is 0.140 e. The first-order chi connectivity index (χ1) is 11.2. The fourth-order valence-electron chi connectivity index (χ4n) is 2.75. The molecule has 1 saturated carbocycles. The molecule has 0 bridgehead atoms. The summed E-state index contributed by atoms with van der Waals surface area (Å²) in [7, 11) is 0. The average molecular weight is 316 g/mol. The minimum atomic E-state index is 0.217. The molecule has 0 atom stereocenters. The van der Waals surface area contributed by atoms with Gasteiger partial charge in [-0.2, -0.15) is 0 Å². The highest BCUT2D eigenvalue weighted by atomic mass is 16.5. The Balaban J connectivity index is 1.56. The van der Waals surface area contributed by atoms with Gasteiger partial charge in [0.15, 0.2) is 0 Å². The van der Waals surface area contributed by atoms with E-state index >= 15 is 0 Å². The lowest BCUT2D eigenvalue weighted by molar-refractivity contribution is 0.183. The van der Waals surface area contributed by atoms with E-state index in [4.69, 9.17) is 14.4 Å². The topological polar surface area (TPSA) is 58.7 Å². The fourth-order valence-corrected chi connectivity index (χ4v) is 2.75. The number of hydrogen-bond acceptors (Lipinski definition) is 5. The summed E-state index contributed by atoms with van der Waals surface area (Å²) < 4.78 is 11.0. The molecule has 5 heteroatoms. The normalized spacial score (nSPS) is 14.4. The molecule has 0 aliphatic heterocycles. The van der Waals surface area contributed by atoms with Crippen molar-refractivity contribution >= 4 is 0 Å². The molecule has 0 unspecified atom stereocenters. The summed E-state index contributed by atoms with van der Waals surface area (Å²) in [5.41, 5.74) is 3.13. The standard InChI is InChI=1S/C18H24N2O3/c1-13-18(14(2)23-19-13)12-22-17-7-3-15(4-8-17)11-20(9-10-21)16-5-6-16/h3-4,7-8,16,21H,5-6,9-12H2,1-2H3. The van der Waals surface area contributed by atoms with E-state index in [1.807, 2.05) is 26.0 Å². The van der Waals surface area contributed by atoms with Crippen LogP contribution in [0.25, 0.3) is 0 Å². The van der Waals surface area contributed by atoms with E-state index < -0.39 is 0 Å². The van der Waals surface area contributed by atoms with Crippen molar-refractivity contribution in [3.63, 3.8) is 0 Å². The fraction of sp³-hybridized carbons (Fsp3) is 0.500. The van der Waals surface area contributed by atoms with Crippen molar-refractivity contribution in [1.29, 1.82) is 0 Å². The summed E-state index contributed by atoms with van der Waals surface area (Å²) in [6.45, 7) is 6.14. The van der Waals surface area contributed by atoms with Gasteiger partial charge in [-0.1, -0.05) is 17.3 Å². The minimum absolute atomic E-state index is 0.217. The quantitative estimate of drug-likeness (QED) is 0.811. The Bertz CT molecular complexity index is 613. The predicted octanol–water partition coefficient (Wildman–Crippen LogP) is 2.83. The number of benzene rings is 1.